The molecular formula is C20H25FN4OS. The fraction of sp³-hybridized carbons (Fsp3) is 0.550. The predicted octanol–water partition coefficient (Wildman–Crippen LogP) is 3.50. The molecule has 0 atom stereocenters. The lowest BCUT2D eigenvalue weighted by Gasteiger charge is -2.31. The van der Waals surface area contributed by atoms with E-state index in [1.807, 2.05) is 4.90 Å². The molecule has 7 heteroatoms. The molecule has 3 heterocycles. The molecule has 1 aromatic carbocycles. The van der Waals surface area contributed by atoms with Crippen LogP contribution in [-0.4, -0.2) is 47.2 Å². The number of likely N-dealkylation sites (tertiary alicyclic amines) is 1. The highest BCUT2D eigenvalue weighted by atomic mass is 32.1. The molecule has 0 aliphatic carbocycles. The molecule has 4 rings (SSSR count). The summed E-state index contributed by atoms with van der Waals surface area (Å²) >= 11 is 1.61. The molecule has 2 fully saturated rings. The summed E-state index contributed by atoms with van der Waals surface area (Å²) < 4.78 is 13.0. The zero-order chi connectivity index (χ0) is 18.6. The minimum Gasteiger partial charge on any atom is -0.347 e. The maximum Gasteiger partial charge on any atom is 0.222 e. The average Bonchev–Trinajstić information content (AvgIpc) is 3.36. The summed E-state index contributed by atoms with van der Waals surface area (Å²) in [5.41, 5.74) is 1.04. The molecule has 0 bridgehead atoms. The normalized spacial score (nSPS) is 18.3. The van der Waals surface area contributed by atoms with Crippen LogP contribution in [-0.2, 0) is 11.2 Å². The van der Waals surface area contributed by atoms with Gasteiger partial charge in [-0.25, -0.2) is 4.39 Å². The van der Waals surface area contributed by atoms with Crippen molar-refractivity contribution < 1.29 is 9.18 Å². The Balaban J connectivity index is 1.27. The van der Waals surface area contributed by atoms with Gasteiger partial charge in [-0.2, -0.15) is 0 Å². The summed E-state index contributed by atoms with van der Waals surface area (Å²) in [6.45, 7) is 3.75. The van der Waals surface area contributed by atoms with E-state index in [-0.39, 0.29) is 5.82 Å². The molecule has 2 aliphatic heterocycles. The number of carbonyl (C=O) groups is 1. The van der Waals surface area contributed by atoms with Gasteiger partial charge in [0, 0.05) is 39.0 Å². The van der Waals surface area contributed by atoms with E-state index in [1.54, 1.807) is 23.5 Å². The van der Waals surface area contributed by atoms with Crippen LogP contribution >= 0.6 is 11.3 Å². The van der Waals surface area contributed by atoms with Gasteiger partial charge in [0.05, 0.1) is 0 Å². The molecule has 5 nitrogen and oxygen atoms in total. The fourth-order valence-corrected chi connectivity index (χ4v) is 4.82. The van der Waals surface area contributed by atoms with E-state index in [4.69, 9.17) is 0 Å². The highest BCUT2D eigenvalue weighted by Crippen LogP contribution is 2.29. The van der Waals surface area contributed by atoms with Crippen molar-refractivity contribution in [1.82, 2.24) is 15.1 Å². The Morgan fingerprint density at radius 1 is 1.07 bits per heavy atom. The van der Waals surface area contributed by atoms with Crippen LogP contribution in [0.2, 0.25) is 0 Å². The van der Waals surface area contributed by atoms with E-state index in [9.17, 15) is 9.18 Å². The third kappa shape index (κ3) is 4.64. The van der Waals surface area contributed by atoms with Crippen LogP contribution in [0.3, 0.4) is 0 Å². The maximum atomic E-state index is 13.0. The standard InChI is InChI=1S/C20H25FN4OS/c21-17-5-3-15(4-6-17)13-18-22-23-20(27-18)25-11-7-16(8-12-25)14-19(26)24-9-1-2-10-24/h3-6,16H,1-2,7-14H2. The van der Waals surface area contributed by atoms with Crippen LogP contribution in [0.5, 0.6) is 0 Å². The van der Waals surface area contributed by atoms with Gasteiger partial charge in [-0.1, -0.05) is 23.5 Å². The molecule has 27 heavy (non-hydrogen) atoms. The Bertz CT molecular complexity index is 765. The average molecular weight is 389 g/mol. The lowest BCUT2D eigenvalue weighted by Crippen LogP contribution is -2.36. The second kappa shape index (κ2) is 8.33. The van der Waals surface area contributed by atoms with E-state index in [0.29, 0.717) is 24.7 Å². The van der Waals surface area contributed by atoms with Gasteiger partial charge in [0.2, 0.25) is 11.0 Å². The maximum absolute atomic E-state index is 13.0. The third-order valence-corrected chi connectivity index (χ3v) is 6.52. The van der Waals surface area contributed by atoms with E-state index >= 15 is 0 Å². The zero-order valence-corrected chi connectivity index (χ0v) is 16.3. The highest BCUT2D eigenvalue weighted by Gasteiger charge is 2.26. The number of piperidine rings is 1. The largest absolute Gasteiger partial charge is 0.347 e. The molecule has 0 N–H and O–H groups in total. The highest BCUT2D eigenvalue weighted by molar-refractivity contribution is 7.15. The second-order valence-corrected chi connectivity index (χ2v) is 8.54. The van der Waals surface area contributed by atoms with Gasteiger partial charge in [-0.05, 0) is 49.3 Å². The fourth-order valence-electron chi connectivity index (χ4n) is 3.89. The minimum absolute atomic E-state index is 0.220. The van der Waals surface area contributed by atoms with Crippen molar-refractivity contribution in [2.75, 3.05) is 31.1 Å². The summed E-state index contributed by atoms with van der Waals surface area (Å²) in [6, 6.07) is 6.54. The van der Waals surface area contributed by atoms with Crippen LogP contribution in [0.4, 0.5) is 9.52 Å². The van der Waals surface area contributed by atoms with Crippen molar-refractivity contribution >= 4 is 22.4 Å². The summed E-state index contributed by atoms with van der Waals surface area (Å²) in [4.78, 5) is 16.6. The number of carbonyl (C=O) groups excluding carboxylic acids is 1. The van der Waals surface area contributed by atoms with E-state index in [2.05, 4.69) is 15.1 Å². The molecule has 1 aromatic heterocycles. The van der Waals surface area contributed by atoms with Crippen LogP contribution in [0.1, 0.15) is 42.7 Å². The Morgan fingerprint density at radius 2 is 1.78 bits per heavy atom. The van der Waals surface area contributed by atoms with E-state index in [0.717, 1.165) is 67.6 Å². The summed E-state index contributed by atoms with van der Waals surface area (Å²) in [7, 11) is 0. The predicted molar refractivity (Wildman–Crippen MR) is 104 cm³/mol. The monoisotopic (exact) mass is 388 g/mol. The van der Waals surface area contributed by atoms with Crippen LogP contribution < -0.4 is 4.90 Å². The molecule has 0 spiro atoms. The van der Waals surface area contributed by atoms with Gasteiger partial charge in [0.15, 0.2) is 0 Å². The number of benzene rings is 1. The molecule has 0 saturated carbocycles. The number of hydrogen-bond donors (Lipinski definition) is 0. The van der Waals surface area contributed by atoms with Crippen molar-refractivity contribution in [1.29, 1.82) is 0 Å². The van der Waals surface area contributed by atoms with Crippen molar-refractivity contribution in [2.24, 2.45) is 5.92 Å². The number of halogens is 1. The van der Waals surface area contributed by atoms with Crippen LogP contribution in [0.25, 0.3) is 0 Å². The Labute approximate surface area is 163 Å². The SMILES string of the molecule is O=C(CC1CCN(c2nnc(Cc3ccc(F)cc3)s2)CC1)N1CCCC1. The second-order valence-electron chi connectivity index (χ2n) is 7.50. The minimum atomic E-state index is -0.220. The molecule has 2 aromatic rings. The molecule has 1 amide bonds. The molecule has 144 valence electrons. The summed E-state index contributed by atoms with van der Waals surface area (Å²) in [5.74, 6) is 0.604. The van der Waals surface area contributed by atoms with Gasteiger partial charge >= 0.3 is 0 Å². The van der Waals surface area contributed by atoms with Crippen molar-refractivity contribution in [3.05, 3.63) is 40.7 Å². The number of nitrogens with zero attached hydrogens (tertiary/aromatic N) is 4. The van der Waals surface area contributed by atoms with Crippen molar-refractivity contribution in [3.63, 3.8) is 0 Å². The number of aromatic nitrogens is 2. The van der Waals surface area contributed by atoms with Gasteiger partial charge in [-0.3, -0.25) is 4.79 Å². The lowest BCUT2D eigenvalue weighted by molar-refractivity contribution is -0.131. The van der Waals surface area contributed by atoms with Gasteiger partial charge < -0.3 is 9.80 Å². The molecular weight excluding hydrogens is 363 g/mol. The van der Waals surface area contributed by atoms with Crippen LogP contribution in [0, 0.1) is 11.7 Å². The van der Waals surface area contributed by atoms with Crippen LogP contribution in [0.15, 0.2) is 24.3 Å². The molecule has 0 unspecified atom stereocenters. The molecule has 0 radical (unpaired) electrons. The van der Waals surface area contributed by atoms with Gasteiger partial charge in [0.25, 0.3) is 0 Å². The number of anilines is 1. The first kappa shape index (κ1) is 18.3. The number of amides is 1. The first-order valence-electron chi connectivity index (χ1n) is 9.77. The van der Waals surface area contributed by atoms with E-state index in [1.165, 1.54) is 12.1 Å². The number of rotatable bonds is 5. The summed E-state index contributed by atoms with van der Waals surface area (Å²) in [5, 5.41) is 10.6. The Hall–Kier alpha value is -2.02. The Kier molecular flexibility index (Phi) is 5.66. The number of hydrogen-bond acceptors (Lipinski definition) is 5. The molecule has 2 aliphatic rings. The zero-order valence-electron chi connectivity index (χ0n) is 15.4. The summed E-state index contributed by atoms with van der Waals surface area (Å²) in [6.07, 6.45) is 5.75. The van der Waals surface area contributed by atoms with Crippen molar-refractivity contribution in [2.45, 2.75) is 38.5 Å². The quantitative estimate of drug-likeness (QED) is 0.787. The first-order chi connectivity index (χ1) is 13.2. The Morgan fingerprint density at radius 3 is 2.48 bits per heavy atom. The lowest BCUT2D eigenvalue weighted by atomic mass is 9.93. The topological polar surface area (TPSA) is 49.3 Å². The van der Waals surface area contributed by atoms with Crippen molar-refractivity contribution in [3.8, 4) is 0 Å². The third-order valence-electron chi connectivity index (χ3n) is 5.53. The van der Waals surface area contributed by atoms with E-state index < -0.39 is 0 Å². The van der Waals surface area contributed by atoms with Gasteiger partial charge in [0.1, 0.15) is 10.8 Å². The molecule has 2 saturated heterocycles. The van der Waals surface area contributed by atoms with Gasteiger partial charge in [-0.15, -0.1) is 10.2 Å². The first-order valence-corrected chi connectivity index (χ1v) is 10.6. The smallest absolute Gasteiger partial charge is 0.222 e.